The van der Waals surface area contributed by atoms with Crippen molar-refractivity contribution in [1.29, 1.82) is 0 Å². The highest BCUT2D eigenvalue weighted by Gasteiger charge is 1.76. The fourth-order valence-electron chi connectivity index (χ4n) is 0.357. The van der Waals surface area contributed by atoms with Crippen molar-refractivity contribution in [2.24, 2.45) is 0 Å². The molecule has 0 aromatic carbocycles. The highest BCUT2D eigenvalue weighted by atomic mass is 14.8. The van der Waals surface area contributed by atoms with Crippen LogP contribution in [0.3, 0.4) is 0 Å². The molecule has 0 aromatic heterocycles. The van der Waals surface area contributed by atoms with E-state index in [0.717, 1.165) is 6.54 Å². The summed E-state index contributed by atoms with van der Waals surface area (Å²) in [6.07, 6.45) is 2.10. The van der Waals surface area contributed by atoms with E-state index in [9.17, 15) is 0 Å². The second-order valence-corrected chi connectivity index (χ2v) is 1.69. The molecule has 0 radical (unpaired) electrons. The third-order valence-corrected chi connectivity index (χ3v) is 1.01. The van der Waals surface area contributed by atoms with Crippen LogP contribution < -0.4 is 10.6 Å². The van der Waals surface area contributed by atoms with Gasteiger partial charge in [0, 0.05) is 19.3 Å². The molecule has 0 aliphatic carbocycles. The molecular formula is C6H14N2. The number of hydrogen-bond acceptors (Lipinski definition) is 2. The maximum absolute atomic E-state index is 3.02. The Bertz CT molecular complexity index is 76.6. The van der Waals surface area contributed by atoms with Crippen molar-refractivity contribution >= 4 is 0 Å². The summed E-state index contributed by atoms with van der Waals surface area (Å²) in [7, 11) is 3.85. The Morgan fingerprint density at radius 1 is 1.50 bits per heavy atom. The van der Waals surface area contributed by atoms with Crippen LogP contribution in [0.15, 0.2) is 11.8 Å². The Kier molecular flexibility index (Phi) is 4.36. The maximum atomic E-state index is 3.02. The van der Waals surface area contributed by atoms with Gasteiger partial charge in [0.05, 0.1) is 0 Å². The van der Waals surface area contributed by atoms with E-state index in [1.54, 1.807) is 0 Å². The van der Waals surface area contributed by atoms with Gasteiger partial charge in [-0.05, 0) is 14.0 Å². The summed E-state index contributed by atoms with van der Waals surface area (Å²) in [5, 5.41) is 6.04. The van der Waals surface area contributed by atoms with Crippen molar-refractivity contribution in [2.75, 3.05) is 20.6 Å². The zero-order valence-corrected chi connectivity index (χ0v) is 5.78. The molecule has 0 amide bonds. The molecule has 2 N–H and O–H groups in total. The van der Waals surface area contributed by atoms with Crippen LogP contribution >= 0.6 is 0 Å². The number of hydrogen-bond donors (Lipinski definition) is 2. The molecule has 2 nitrogen and oxygen atoms in total. The highest BCUT2D eigenvalue weighted by Crippen LogP contribution is 1.79. The Morgan fingerprint density at radius 2 is 2.12 bits per heavy atom. The van der Waals surface area contributed by atoms with Gasteiger partial charge in [-0.2, -0.15) is 0 Å². The molecule has 0 heterocycles. The van der Waals surface area contributed by atoms with E-state index < -0.39 is 0 Å². The summed E-state index contributed by atoms with van der Waals surface area (Å²) in [6, 6.07) is 0. The Hall–Kier alpha value is -0.500. The van der Waals surface area contributed by atoms with Crippen molar-refractivity contribution in [3.05, 3.63) is 11.8 Å². The molecule has 48 valence electrons. The van der Waals surface area contributed by atoms with Gasteiger partial charge in [0.1, 0.15) is 0 Å². The van der Waals surface area contributed by atoms with Crippen molar-refractivity contribution in [3.63, 3.8) is 0 Å². The fraction of sp³-hybridized carbons (Fsp3) is 0.667. The first-order chi connectivity index (χ1) is 3.81. The summed E-state index contributed by atoms with van der Waals surface area (Å²) >= 11 is 0. The van der Waals surface area contributed by atoms with E-state index in [1.165, 1.54) is 5.70 Å². The van der Waals surface area contributed by atoms with Crippen LogP contribution in [0.2, 0.25) is 0 Å². The minimum atomic E-state index is 0.937. The molecule has 0 atom stereocenters. The monoisotopic (exact) mass is 114 g/mol. The Balaban J connectivity index is 3.26. The Labute approximate surface area is 51.0 Å². The molecule has 0 saturated heterocycles. The molecule has 0 saturated carbocycles. The van der Waals surface area contributed by atoms with Gasteiger partial charge in [-0.3, -0.25) is 0 Å². The van der Waals surface area contributed by atoms with Gasteiger partial charge >= 0.3 is 0 Å². The molecule has 0 aliphatic heterocycles. The molecule has 0 bridgehead atoms. The predicted molar refractivity (Wildman–Crippen MR) is 36.7 cm³/mol. The van der Waals surface area contributed by atoms with E-state index in [-0.39, 0.29) is 0 Å². The fourth-order valence-corrected chi connectivity index (χ4v) is 0.357. The predicted octanol–water partition coefficient (Wildman–Crippen LogP) is 0.329. The van der Waals surface area contributed by atoms with Crippen LogP contribution in [0.5, 0.6) is 0 Å². The third-order valence-electron chi connectivity index (χ3n) is 1.01. The SMILES string of the molecule is CNCC=C(C)NC. The summed E-state index contributed by atoms with van der Waals surface area (Å²) in [5.74, 6) is 0. The zero-order chi connectivity index (χ0) is 6.41. The number of likely N-dealkylation sites (N-methyl/N-ethyl adjacent to an activating group) is 1. The molecule has 0 unspecified atom stereocenters. The van der Waals surface area contributed by atoms with Gasteiger partial charge in [0.2, 0.25) is 0 Å². The minimum absolute atomic E-state index is 0.937. The number of nitrogens with one attached hydrogen (secondary N) is 2. The lowest BCUT2D eigenvalue weighted by molar-refractivity contribution is 0.888. The average molecular weight is 114 g/mol. The van der Waals surface area contributed by atoms with Gasteiger partial charge in [-0.15, -0.1) is 0 Å². The first kappa shape index (κ1) is 7.50. The molecule has 2 heteroatoms. The first-order valence-corrected chi connectivity index (χ1v) is 2.80. The average Bonchev–Trinajstić information content (AvgIpc) is 1.83. The minimum Gasteiger partial charge on any atom is -0.392 e. The van der Waals surface area contributed by atoms with E-state index in [2.05, 4.69) is 16.7 Å². The molecule has 8 heavy (non-hydrogen) atoms. The lowest BCUT2D eigenvalue weighted by atomic mass is 10.4. The van der Waals surface area contributed by atoms with Crippen LogP contribution in [0, 0.1) is 0 Å². The van der Waals surface area contributed by atoms with Gasteiger partial charge in [-0.1, -0.05) is 6.08 Å². The van der Waals surface area contributed by atoms with Gasteiger partial charge < -0.3 is 10.6 Å². The number of allylic oxidation sites excluding steroid dienone is 1. The van der Waals surface area contributed by atoms with Crippen LogP contribution in [0.4, 0.5) is 0 Å². The third kappa shape index (κ3) is 3.68. The zero-order valence-electron chi connectivity index (χ0n) is 5.78. The first-order valence-electron chi connectivity index (χ1n) is 2.80. The van der Waals surface area contributed by atoms with Gasteiger partial charge in [0.15, 0.2) is 0 Å². The summed E-state index contributed by atoms with van der Waals surface area (Å²) in [6.45, 7) is 2.98. The van der Waals surface area contributed by atoms with Gasteiger partial charge in [-0.25, -0.2) is 0 Å². The summed E-state index contributed by atoms with van der Waals surface area (Å²) in [4.78, 5) is 0. The normalized spacial score (nSPS) is 11.6. The topological polar surface area (TPSA) is 24.1 Å². The lowest BCUT2D eigenvalue weighted by Gasteiger charge is -1.96. The second-order valence-electron chi connectivity index (χ2n) is 1.69. The van der Waals surface area contributed by atoms with Crippen LogP contribution in [0.25, 0.3) is 0 Å². The van der Waals surface area contributed by atoms with E-state index >= 15 is 0 Å². The Morgan fingerprint density at radius 3 is 2.50 bits per heavy atom. The quantitative estimate of drug-likeness (QED) is 0.552. The molecular weight excluding hydrogens is 100 g/mol. The van der Waals surface area contributed by atoms with Crippen molar-refractivity contribution < 1.29 is 0 Å². The van der Waals surface area contributed by atoms with Crippen LogP contribution in [0.1, 0.15) is 6.92 Å². The highest BCUT2D eigenvalue weighted by molar-refractivity contribution is 4.94. The molecule has 0 rings (SSSR count). The van der Waals surface area contributed by atoms with Gasteiger partial charge in [0.25, 0.3) is 0 Å². The smallest absolute Gasteiger partial charge is 0.0151 e. The molecule has 0 fully saturated rings. The summed E-state index contributed by atoms with van der Waals surface area (Å²) < 4.78 is 0. The molecule has 0 spiro atoms. The standard InChI is InChI=1S/C6H14N2/c1-6(8-3)4-5-7-2/h4,7-8H,5H2,1-3H3. The van der Waals surface area contributed by atoms with Crippen molar-refractivity contribution in [1.82, 2.24) is 10.6 Å². The molecule has 0 aromatic rings. The second kappa shape index (κ2) is 4.65. The lowest BCUT2D eigenvalue weighted by Crippen LogP contribution is -2.09. The summed E-state index contributed by atoms with van der Waals surface area (Å²) in [5.41, 5.74) is 1.21. The van der Waals surface area contributed by atoms with Crippen LogP contribution in [-0.4, -0.2) is 20.6 Å². The number of rotatable bonds is 3. The van der Waals surface area contributed by atoms with E-state index in [0.29, 0.717) is 0 Å². The van der Waals surface area contributed by atoms with Crippen molar-refractivity contribution in [2.45, 2.75) is 6.92 Å². The van der Waals surface area contributed by atoms with Crippen molar-refractivity contribution in [3.8, 4) is 0 Å². The molecule has 0 aliphatic rings. The van der Waals surface area contributed by atoms with E-state index in [4.69, 9.17) is 0 Å². The largest absolute Gasteiger partial charge is 0.392 e. The van der Waals surface area contributed by atoms with Crippen LogP contribution in [-0.2, 0) is 0 Å². The maximum Gasteiger partial charge on any atom is 0.0151 e. The van der Waals surface area contributed by atoms with E-state index in [1.807, 2.05) is 21.0 Å².